The number of rotatable bonds is 3. The zero-order valence-electron chi connectivity index (χ0n) is 9.59. The fourth-order valence-corrected chi connectivity index (χ4v) is 2.04. The molecule has 0 aliphatic carbocycles. The van der Waals surface area contributed by atoms with Crippen LogP contribution in [0, 0.1) is 6.92 Å². The molecule has 1 heterocycles. The van der Waals surface area contributed by atoms with Crippen LogP contribution in [0.1, 0.15) is 10.7 Å². The van der Waals surface area contributed by atoms with E-state index in [1.165, 1.54) is 17.4 Å². The number of ether oxygens (including phenoxy) is 1. The van der Waals surface area contributed by atoms with Crippen molar-refractivity contribution in [3.05, 3.63) is 51.4 Å². The van der Waals surface area contributed by atoms with Crippen molar-refractivity contribution in [1.29, 1.82) is 0 Å². The number of carbonyl (C=O) groups is 1. The van der Waals surface area contributed by atoms with Crippen LogP contribution in [0.4, 0.5) is 0 Å². The molecule has 0 N–H and O–H groups in total. The molecule has 1 aromatic carbocycles. The fraction of sp³-hybridized carbons (Fsp3) is 0.0769. The van der Waals surface area contributed by atoms with Gasteiger partial charge in [-0.2, -0.15) is 0 Å². The average Bonchev–Trinajstić information content (AvgIpc) is 2.76. The molecule has 1 aromatic heterocycles. The number of nitrogens with zero attached hydrogens (tertiary/aromatic N) is 1. The van der Waals surface area contributed by atoms with Crippen molar-refractivity contribution < 1.29 is 9.53 Å². The molecular formula is C13H10ClNO2S. The minimum absolute atomic E-state index is 0.350. The van der Waals surface area contributed by atoms with E-state index in [0.29, 0.717) is 10.8 Å². The zero-order chi connectivity index (χ0) is 13.0. The van der Waals surface area contributed by atoms with Crippen LogP contribution in [0.25, 0.3) is 6.08 Å². The molecule has 2 rings (SSSR count). The molecule has 2 aromatic rings. The maximum absolute atomic E-state index is 11.6. The molecule has 0 amide bonds. The van der Waals surface area contributed by atoms with E-state index in [4.69, 9.17) is 16.3 Å². The number of hydrogen-bond donors (Lipinski definition) is 0. The van der Waals surface area contributed by atoms with E-state index in [9.17, 15) is 4.79 Å². The summed E-state index contributed by atoms with van der Waals surface area (Å²) in [6, 6.07) is 6.83. The van der Waals surface area contributed by atoms with Gasteiger partial charge in [0.15, 0.2) is 0 Å². The molecule has 92 valence electrons. The van der Waals surface area contributed by atoms with E-state index in [1.54, 1.807) is 30.3 Å². The van der Waals surface area contributed by atoms with Crippen LogP contribution in [0.2, 0.25) is 5.02 Å². The van der Waals surface area contributed by atoms with E-state index < -0.39 is 5.97 Å². The first-order valence-electron chi connectivity index (χ1n) is 5.22. The lowest BCUT2D eigenvalue weighted by atomic mass is 10.3. The van der Waals surface area contributed by atoms with Crippen molar-refractivity contribution in [2.24, 2.45) is 0 Å². The van der Waals surface area contributed by atoms with Crippen LogP contribution in [-0.2, 0) is 4.79 Å². The standard InChI is InChI=1S/C13H10ClNO2S/c1-9-15-10(8-18-9)6-7-13(16)17-12-5-3-2-4-11(12)14/h2-8H,1H3/b7-6+. The highest BCUT2D eigenvalue weighted by molar-refractivity contribution is 7.09. The number of para-hydroxylation sites is 1. The molecule has 5 heteroatoms. The first-order valence-corrected chi connectivity index (χ1v) is 6.47. The highest BCUT2D eigenvalue weighted by Gasteiger charge is 2.04. The SMILES string of the molecule is Cc1nc(/C=C/C(=O)Oc2ccccc2Cl)cs1. The summed E-state index contributed by atoms with van der Waals surface area (Å²) < 4.78 is 5.09. The lowest BCUT2D eigenvalue weighted by molar-refractivity contribution is -0.128. The molecule has 0 saturated carbocycles. The molecule has 0 spiro atoms. The second-order valence-electron chi connectivity index (χ2n) is 3.48. The summed E-state index contributed by atoms with van der Waals surface area (Å²) in [6.07, 6.45) is 2.94. The van der Waals surface area contributed by atoms with Gasteiger partial charge in [-0.05, 0) is 25.1 Å². The molecule has 0 radical (unpaired) electrons. The molecule has 0 aliphatic rings. The molecule has 3 nitrogen and oxygen atoms in total. The molecule has 18 heavy (non-hydrogen) atoms. The van der Waals surface area contributed by atoms with Gasteiger partial charge in [-0.15, -0.1) is 11.3 Å². The maximum Gasteiger partial charge on any atom is 0.336 e. The number of hydrogen-bond acceptors (Lipinski definition) is 4. The van der Waals surface area contributed by atoms with Gasteiger partial charge in [0.1, 0.15) is 5.75 Å². The van der Waals surface area contributed by atoms with Crippen molar-refractivity contribution in [3.63, 3.8) is 0 Å². The Balaban J connectivity index is 2.01. The minimum Gasteiger partial charge on any atom is -0.422 e. The minimum atomic E-state index is -0.478. The number of benzene rings is 1. The normalized spacial score (nSPS) is 10.8. The van der Waals surface area contributed by atoms with Crippen LogP contribution < -0.4 is 4.74 Å². The van der Waals surface area contributed by atoms with Gasteiger partial charge in [-0.25, -0.2) is 9.78 Å². The Morgan fingerprint density at radius 2 is 2.22 bits per heavy atom. The van der Waals surface area contributed by atoms with E-state index in [2.05, 4.69) is 4.98 Å². The first-order chi connectivity index (χ1) is 8.65. The summed E-state index contributed by atoms with van der Waals surface area (Å²) >= 11 is 7.40. The predicted molar refractivity (Wildman–Crippen MR) is 73.0 cm³/mol. The quantitative estimate of drug-likeness (QED) is 0.488. The average molecular weight is 280 g/mol. The molecule has 0 saturated heterocycles. The molecule has 0 aliphatic heterocycles. The van der Waals surface area contributed by atoms with Crippen molar-refractivity contribution >= 4 is 35.0 Å². The Labute approximate surface area is 114 Å². The van der Waals surface area contributed by atoms with Gasteiger partial charge in [-0.3, -0.25) is 0 Å². The Morgan fingerprint density at radius 1 is 1.44 bits per heavy atom. The topological polar surface area (TPSA) is 39.2 Å². The van der Waals surface area contributed by atoms with Gasteiger partial charge in [0, 0.05) is 11.5 Å². The van der Waals surface area contributed by atoms with Crippen molar-refractivity contribution in [2.45, 2.75) is 6.92 Å². The Morgan fingerprint density at radius 3 is 2.89 bits per heavy atom. The number of aryl methyl sites for hydroxylation is 1. The molecule has 0 fully saturated rings. The summed E-state index contributed by atoms with van der Waals surface area (Å²) in [7, 11) is 0. The van der Waals surface area contributed by atoms with Crippen molar-refractivity contribution in [1.82, 2.24) is 4.98 Å². The zero-order valence-corrected chi connectivity index (χ0v) is 11.2. The predicted octanol–water partition coefficient (Wildman–Crippen LogP) is 3.72. The van der Waals surface area contributed by atoms with Gasteiger partial charge < -0.3 is 4.74 Å². The number of halogens is 1. The van der Waals surface area contributed by atoms with Gasteiger partial charge in [-0.1, -0.05) is 23.7 Å². The molecular weight excluding hydrogens is 270 g/mol. The number of thiazole rings is 1. The molecule has 0 unspecified atom stereocenters. The number of carbonyl (C=O) groups excluding carboxylic acids is 1. The summed E-state index contributed by atoms with van der Waals surface area (Å²) in [5.41, 5.74) is 0.744. The van der Waals surface area contributed by atoms with Crippen molar-refractivity contribution in [3.8, 4) is 5.75 Å². The maximum atomic E-state index is 11.6. The van der Waals surface area contributed by atoms with Crippen LogP contribution in [0.5, 0.6) is 5.75 Å². The third kappa shape index (κ3) is 3.42. The third-order valence-corrected chi connectivity index (χ3v) is 3.18. The smallest absolute Gasteiger partial charge is 0.336 e. The van der Waals surface area contributed by atoms with Crippen LogP contribution >= 0.6 is 22.9 Å². The highest BCUT2D eigenvalue weighted by Crippen LogP contribution is 2.23. The highest BCUT2D eigenvalue weighted by atomic mass is 35.5. The third-order valence-electron chi connectivity index (χ3n) is 2.07. The second-order valence-corrected chi connectivity index (χ2v) is 4.95. The van der Waals surface area contributed by atoms with Crippen LogP contribution in [0.15, 0.2) is 35.7 Å². The first kappa shape index (κ1) is 12.8. The summed E-state index contributed by atoms with van der Waals surface area (Å²) in [5, 5.41) is 3.23. The van der Waals surface area contributed by atoms with Crippen molar-refractivity contribution in [2.75, 3.05) is 0 Å². The number of aromatic nitrogens is 1. The fourth-order valence-electron chi connectivity index (χ4n) is 1.28. The summed E-state index contributed by atoms with van der Waals surface area (Å²) in [4.78, 5) is 15.8. The Hall–Kier alpha value is -1.65. The van der Waals surface area contributed by atoms with E-state index in [-0.39, 0.29) is 0 Å². The lowest BCUT2D eigenvalue weighted by Gasteiger charge is -2.02. The Kier molecular flexibility index (Phi) is 4.12. The van der Waals surface area contributed by atoms with Crippen LogP contribution in [-0.4, -0.2) is 11.0 Å². The van der Waals surface area contributed by atoms with E-state index in [0.717, 1.165) is 10.7 Å². The largest absolute Gasteiger partial charge is 0.422 e. The Bertz CT molecular complexity index is 592. The second kappa shape index (κ2) is 5.80. The molecule has 0 bridgehead atoms. The monoisotopic (exact) mass is 279 g/mol. The number of esters is 1. The van der Waals surface area contributed by atoms with E-state index in [1.807, 2.05) is 12.3 Å². The summed E-state index contributed by atoms with van der Waals surface area (Å²) in [5.74, 6) is -0.128. The van der Waals surface area contributed by atoms with Gasteiger partial charge in [0.25, 0.3) is 0 Å². The van der Waals surface area contributed by atoms with Crippen LogP contribution in [0.3, 0.4) is 0 Å². The van der Waals surface area contributed by atoms with Gasteiger partial charge >= 0.3 is 5.97 Å². The summed E-state index contributed by atoms with van der Waals surface area (Å²) in [6.45, 7) is 1.91. The van der Waals surface area contributed by atoms with Gasteiger partial charge in [0.2, 0.25) is 0 Å². The van der Waals surface area contributed by atoms with Gasteiger partial charge in [0.05, 0.1) is 15.7 Å². The molecule has 0 atom stereocenters. The van der Waals surface area contributed by atoms with E-state index >= 15 is 0 Å². The lowest BCUT2D eigenvalue weighted by Crippen LogP contribution is -2.03.